The minimum absolute atomic E-state index is 0.189. The monoisotopic (exact) mass is 190 g/mol. The molecule has 72 valence electrons. The number of aromatic carboxylic acids is 1. The molecule has 0 amide bonds. The van der Waals surface area contributed by atoms with Crippen LogP contribution in [0.1, 0.15) is 16.1 Å². The van der Waals surface area contributed by atoms with E-state index in [1.807, 2.05) is 24.3 Å². The van der Waals surface area contributed by atoms with Crippen LogP contribution in [0, 0.1) is 0 Å². The Kier molecular flexibility index (Phi) is 1.98. The second-order valence-corrected chi connectivity index (χ2v) is 3.03. The summed E-state index contributed by atoms with van der Waals surface area (Å²) in [7, 11) is 0. The molecule has 0 saturated heterocycles. The highest BCUT2D eigenvalue weighted by Crippen LogP contribution is 2.21. The zero-order valence-electron chi connectivity index (χ0n) is 7.45. The van der Waals surface area contributed by atoms with Crippen molar-refractivity contribution in [2.24, 2.45) is 5.73 Å². The average Bonchev–Trinajstić information content (AvgIpc) is 2.56. The fourth-order valence-corrected chi connectivity index (χ4v) is 1.59. The van der Waals surface area contributed by atoms with Crippen molar-refractivity contribution in [2.45, 2.75) is 6.54 Å². The third kappa shape index (κ3) is 1.16. The maximum absolute atomic E-state index is 10.9. The Morgan fingerprint density at radius 3 is 2.79 bits per heavy atom. The van der Waals surface area contributed by atoms with E-state index < -0.39 is 5.97 Å². The number of nitrogens with two attached hydrogens (primary N) is 1. The van der Waals surface area contributed by atoms with Gasteiger partial charge in [-0.1, -0.05) is 18.2 Å². The lowest BCUT2D eigenvalue weighted by Crippen LogP contribution is -2.05. The van der Waals surface area contributed by atoms with Crippen molar-refractivity contribution in [1.82, 2.24) is 4.98 Å². The van der Waals surface area contributed by atoms with Crippen LogP contribution in [-0.4, -0.2) is 16.1 Å². The molecule has 0 unspecified atom stereocenters. The third-order valence-electron chi connectivity index (χ3n) is 2.23. The predicted molar refractivity (Wildman–Crippen MR) is 53.1 cm³/mol. The second kappa shape index (κ2) is 3.16. The van der Waals surface area contributed by atoms with Gasteiger partial charge in [-0.15, -0.1) is 0 Å². The van der Waals surface area contributed by atoms with Gasteiger partial charge >= 0.3 is 5.97 Å². The molecule has 0 atom stereocenters. The number of rotatable bonds is 2. The maximum Gasteiger partial charge on any atom is 0.352 e. The molecule has 2 aromatic rings. The first kappa shape index (κ1) is 8.77. The van der Waals surface area contributed by atoms with Crippen LogP contribution in [-0.2, 0) is 6.54 Å². The summed E-state index contributed by atoms with van der Waals surface area (Å²) < 4.78 is 0. The number of hydrogen-bond donors (Lipinski definition) is 3. The predicted octanol–water partition coefficient (Wildman–Crippen LogP) is 1.32. The SMILES string of the molecule is NCc1c(C(=O)O)[nH]c2ccccc12. The van der Waals surface area contributed by atoms with E-state index in [1.165, 1.54) is 0 Å². The van der Waals surface area contributed by atoms with E-state index in [2.05, 4.69) is 4.98 Å². The minimum Gasteiger partial charge on any atom is -0.477 e. The van der Waals surface area contributed by atoms with E-state index in [1.54, 1.807) is 0 Å². The Hall–Kier alpha value is -1.81. The first-order valence-corrected chi connectivity index (χ1v) is 4.27. The summed E-state index contributed by atoms with van der Waals surface area (Å²) in [6.45, 7) is 0.228. The van der Waals surface area contributed by atoms with Crippen LogP contribution in [0.4, 0.5) is 0 Å². The number of fused-ring (bicyclic) bond motifs is 1. The summed E-state index contributed by atoms with van der Waals surface area (Å²) >= 11 is 0. The summed E-state index contributed by atoms with van der Waals surface area (Å²) in [6.07, 6.45) is 0. The van der Waals surface area contributed by atoms with Gasteiger partial charge in [0, 0.05) is 23.0 Å². The molecule has 0 aliphatic carbocycles. The van der Waals surface area contributed by atoms with Crippen molar-refractivity contribution >= 4 is 16.9 Å². The summed E-state index contributed by atoms with van der Waals surface area (Å²) in [4.78, 5) is 13.7. The molecule has 2 rings (SSSR count). The molecule has 0 bridgehead atoms. The molecule has 4 heteroatoms. The van der Waals surface area contributed by atoms with Gasteiger partial charge in [0.1, 0.15) is 5.69 Å². The van der Waals surface area contributed by atoms with Crippen molar-refractivity contribution in [3.05, 3.63) is 35.5 Å². The number of H-pyrrole nitrogens is 1. The highest BCUT2D eigenvalue weighted by atomic mass is 16.4. The molecule has 1 heterocycles. The van der Waals surface area contributed by atoms with Crippen molar-refractivity contribution < 1.29 is 9.90 Å². The Morgan fingerprint density at radius 1 is 1.43 bits per heavy atom. The molecule has 0 radical (unpaired) electrons. The van der Waals surface area contributed by atoms with Gasteiger partial charge in [-0.05, 0) is 6.07 Å². The summed E-state index contributed by atoms with van der Waals surface area (Å²) in [5.41, 5.74) is 7.18. The van der Waals surface area contributed by atoms with Gasteiger partial charge in [0.25, 0.3) is 0 Å². The summed E-state index contributed by atoms with van der Waals surface area (Å²) in [5, 5.41) is 9.79. The standard InChI is InChI=1S/C10H10N2O2/c11-5-7-6-3-1-2-4-8(6)12-9(7)10(13)14/h1-4,12H,5,11H2,(H,13,14). The van der Waals surface area contributed by atoms with Crippen molar-refractivity contribution in [1.29, 1.82) is 0 Å². The first-order valence-electron chi connectivity index (χ1n) is 4.27. The number of carboxylic acids is 1. The van der Waals surface area contributed by atoms with E-state index in [9.17, 15) is 4.79 Å². The highest BCUT2D eigenvalue weighted by Gasteiger charge is 2.14. The first-order chi connectivity index (χ1) is 6.74. The molecule has 4 N–H and O–H groups in total. The maximum atomic E-state index is 10.9. The Bertz CT molecular complexity index is 488. The molecule has 14 heavy (non-hydrogen) atoms. The van der Waals surface area contributed by atoms with Crippen LogP contribution in [0.15, 0.2) is 24.3 Å². The van der Waals surface area contributed by atoms with E-state index in [-0.39, 0.29) is 12.2 Å². The van der Waals surface area contributed by atoms with Crippen LogP contribution >= 0.6 is 0 Å². The number of carboxylic acid groups (broad SMARTS) is 1. The molecule has 1 aromatic heterocycles. The Labute approximate surface area is 80.3 Å². The van der Waals surface area contributed by atoms with Crippen LogP contribution in [0.2, 0.25) is 0 Å². The van der Waals surface area contributed by atoms with Crippen molar-refractivity contribution in [3.63, 3.8) is 0 Å². The van der Waals surface area contributed by atoms with Gasteiger partial charge < -0.3 is 15.8 Å². The van der Waals surface area contributed by atoms with Gasteiger partial charge in [0.15, 0.2) is 0 Å². The number of nitrogens with one attached hydrogen (secondary N) is 1. The molecular formula is C10H10N2O2. The molecule has 0 aliphatic heterocycles. The zero-order valence-corrected chi connectivity index (χ0v) is 7.45. The number of benzene rings is 1. The van der Waals surface area contributed by atoms with Gasteiger partial charge in [-0.2, -0.15) is 0 Å². The number of para-hydroxylation sites is 1. The van der Waals surface area contributed by atoms with Gasteiger partial charge in [-0.25, -0.2) is 4.79 Å². The number of hydrogen-bond acceptors (Lipinski definition) is 2. The molecule has 4 nitrogen and oxygen atoms in total. The van der Waals surface area contributed by atoms with Gasteiger partial charge in [0.2, 0.25) is 0 Å². The largest absolute Gasteiger partial charge is 0.477 e. The second-order valence-electron chi connectivity index (χ2n) is 3.03. The fraction of sp³-hybridized carbons (Fsp3) is 0.100. The van der Waals surface area contributed by atoms with Gasteiger partial charge in [0.05, 0.1) is 0 Å². The molecule has 1 aromatic carbocycles. The van der Waals surface area contributed by atoms with Crippen LogP contribution in [0.5, 0.6) is 0 Å². The topological polar surface area (TPSA) is 79.1 Å². The molecule has 0 aliphatic rings. The van der Waals surface area contributed by atoms with E-state index in [0.717, 1.165) is 10.9 Å². The highest BCUT2D eigenvalue weighted by molar-refractivity contribution is 5.97. The Balaban J connectivity index is 2.78. The third-order valence-corrected chi connectivity index (χ3v) is 2.23. The lowest BCUT2D eigenvalue weighted by Gasteiger charge is -1.95. The average molecular weight is 190 g/mol. The van der Waals surface area contributed by atoms with Gasteiger partial charge in [-0.3, -0.25) is 0 Å². The van der Waals surface area contributed by atoms with Crippen LogP contribution < -0.4 is 5.73 Å². The summed E-state index contributed by atoms with van der Waals surface area (Å²) in [5.74, 6) is -0.971. The molecule has 0 saturated carbocycles. The number of aromatic nitrogens is 1. The summed E-state index contributed by atoms with van der Waals surface area (Å²) in [6, 6.07) is 7.41. The van der Waals surface area contributed by atoms with Crippen molar-refractivity contribution in [2.75, 3.05) is 0 Å². The van der Waals surface area contributed by atoms with Crippen molar-refractivity contribution in [3.8, 4) is 0 Å². The number of carbonyl (C=O) groups is 1. The lowest BCUT2D eigenvalue weighted by molar-refractivity contribution is 0.0690. The quantitative estimate of drug-likeness (QED) is 0.668. The fourth-order valence-electron chi connectivity index (χ4n) is 1.59. The molecular weight excluding hydrogens is 180 g/mol. The minimum atomic E-state index is -0.971. The zero-order chi connectivity index (χ0) is 10.1. The molecule has 0 fully saturated rings. The van der Waals surface area contributed by atoms with E-state index in [4.69, 9.17) is 10.8 Å². The molecule has 0 spiro atoms. The van der Waals surface area contributed by atoms with E-state index in [0.29, 0.717) is 5.56 Å². The normalized spacial score (nSPS) is 10.6. The number of aromatic amines is 1. The smallest absolute Gasteiger partial charge is 0.352 e. The Morgan fingerprint density at radius 2 is 2.14 bits per heavy atom. The van der Waals surface area contributed by atoms with Crippen LogP contribution in [0.3, 0.4) is 0 Å². The van der Waals surface area contributed by atoms with E-state index >= 15 is 0 Å². The van der Waals surface area contributed by atoms with Crippen LogP contribution in [0.25, 0.3) is 10.9 Å². The lowest BCUT2D eigenvalue weighted by atomic mass is 10.1.